The normalized spacial score (nSPS) is 11.4. The second kappa shape index (κ2) is 12.6. The molecule has 0 atom stereocenters. The number of ether oxygens (including phenoxy) is 1. The number of aryl methyl sites for hydroxylation is 1. The van der Waals surface area contributed by atoms with Crippen LogP contribution in [0.4, 0.5) is 17.1 Å². The van der Waals surface area contributed by atoms with Gasteiger partial charge in [0.05, 0.1) is 27.2 Å². The molecule has 39 heavy (non-hydrogen) atoms. The fraction of sp³-hybridized carbons (Fsp3) is 0.115. The summed E-state index contributed by atoms with van der Waals surface area (Å²) in [7, 11) is -4.50. The van der Waals surface area contributed by atoms with Gasteiger partial charge in [-0.3, -0.25) is 9.35 Å². The van der Waals surface area contributed by atoms with Crippen LogP contribution >= 0.6 is 23.2 Å². The van der Waals surface area contributed by atoms with Gasteiger partial charge in [-0.15, -0.1) is 5.11 Å². The van der Waals surface area contributed by atoms with Gasteiger partial charge >= 0.3 is 29.6 Å². The second-order valence-corrected chi connectivity index (χ2v) is 10.3. The van der Waals surface area contributed by atoms with Gasteiger partial charge in [0.2, 0.25) is 0 Å². The standard InChI is InChI=1S/C26H21Cl2N3O6S.Na/c1-3-37-21-10-6-9-18(27)24(21)29-26(33)17-12-15-7-4-5-8-16(15)23(25(17)32)31-30-20-11-14(2)22(13-19(20)28)38(34,35)36;/h4-13,32H,3H2,1-2H3,(H,29,33)(H,34,35,36);/q;+1/p-1. The number of anilines is 1. The van der Waals surface area contributed by atoms with Crippen molar-refractivity contribution < 1.29 is 57.2 Å². The van der Waals surface area contributed by atoms with Crippen molar-refractivity contribution in [3.05, 3.63) is 81.8 Å². The number of fused-ring (bicyclic) bond motifs is 1. The predicted molar refractivity (Wildman–Crippen MR) is 144 cm³/mol. The molecule has 0 saturated carbocycles. The molecule has 0 saturated heterocycles. The quantitative estimate of drug-likeness (QED) is 0.189. The first-order valence-corrected chi connectivity index (χ1v) is 13.4. The summed E-state index contributed by atoms with van der Waals surface area (Å²) in [6.07, 6.45) is 0. The number of halogens is 2. The molecule has 4 rings (SSSR count). The van der Waals surface area contributed by atoms with Crippen LogP contribution in [0.15, 0.2) is 75.8 Å². The molecule has 0 spiro atoms. The molecule has 0 aliphatic rings. The maximum Gasteiger partial charge on any atom is 1.00 e. The minimum atomic E-state index is -4.50. The Morgan fingerprint density at radius 3 is 2.46 bits per heavy atom. The van der Waals surface area contributed by atoms with Gasteiger partial charge in [-0.1, -0.05) is 59.3 Å². The van der Waals surface area contributed by atoms with Crippen LogP contribution in [0.1, 0.15) is 22.8 Å². The molecular formula is C26H20Cl2N3NaO6S. The maximum atomic E-state index is 13.4. The van der Waals surface area contributed by atoms with Crippen molar-refractivity contribution in [3.8, 4) is 11.5 Å². The third kappa shape index (κ3) is 6.72. The van der Waals surface area contributed by atoms with E-state index in [2.05, 4.69) is 15.5 Å². The third-order valence-electron chi connectivity index (χ3n) is 5.51. The first-order chi connectivity index (χ1) is 18.0. The van der Waals surface area contributed by atoms with Crippen molar-refractivity contribution in [2.45, 2.75) is 18.7 Å². The smallest absolute Gasteiger partial charge is 0.870 e. The Morgan fingerprint density at radius 1 is 1.05 bits per heavy atom. The van der Waals surface area contributed by atoms with Crippen molar-refractivity contribution in [1.82, 2.24) is 0 Å². The van der Waals surface area contributed by atoms with Gasteiger partial charge in [0.25, 0.3) is 16.0 Å². The van der Waals surface area contributed by atoms with Gasteiger partial charge in [-0.25, -0.2) is 0 Å². The Kier molecular flexibility index (Phi) is 10.0. The molecule has 1 amide bonds. The van der Waals surface area contributed by atoms with E-state index in [9.17, 15) is 22.9 Å². The molecular weight excluding hydrogens is 576 g/mol. The first kappa shape index (κ1) is 30.8. The number of hydrogen-bond donors (Lipinski definition) is 2. The Labute approximate surface area is 256 Å². The topological polar surface area (TPSA) is 140 Å². The van der Waals surface area contributed by atoms with Crippen molar-refractivity contribution in [2.24, 2.45) is 10.2 Å². The summed E-state index contributed by atoms with van der Waals surface area (Å²) in [4.78, 5) is 12.9. The Morgan fingerprint density at radius 2 is 1.77 bits per heavy atom. The molecule has 4 aromatic rings. The van der Waals surface area contributed by atoms with E-state index < -0.39 is 21.8 Å². The Bertz CT molecular complexity index is 1710. The minimum Gasteiger partial charge on any atom is -0.870 e. The zero-order valence-corrected chi connectivity index (χ0v) is 25.4. The number of benzene rings is 4. The maximum absolute atomic E-state index is 13.4. The number of nitrogens with one attached hydrogen (secondary N) is 1. The van der Waals surface area contributed by atoms with Crippen LogP contribution in [-0.4, -0.2) is 25.5 Å². The van der Waals surface area contributed by atoms with Crippen LogP contribution in [0.25, 0.3) is 10.8 Å². The van der Waals surface area contributed by atoms with E-state index in [1.807, 2.05) is 0 Å². The van der Waals surface area contributed by atoms with E-state index in [4.69, 9.17) is 27.9 Å². The van der Waals surface area contributed by atoms with E-state index in [-0.39, 0.29) is 72.7 Å². The fourth-order valence-corrected chi connectivity index (χ4v) is 4.98. The Balaban J connectivity index is 0.00000420. The van der Waals surface area contributed by atoms with Crippen molar-refractivity contribution in [3.63, 3.8) is 0 Å². The summed E-state index contributed by atoms with van der Waals surface area (Å²) < 4.78 is 38.0. The van der Waals surface area contributed by atoms with Gasteiger partial charge in [0.1, 0.15) is 17.1 Å². The van der Waals surface area contributed by atoms with Crippen LogP contribution in [0.5, 0.6) is 11.5 Å². The van der Waals surface area contributed by atoms with E-state index >= 15 is 0 Å². The van der Waals surface area contributed by atoms with Gasteiger partial charge in [-0.05, 0) is 55.1 Å². The molecule has 4 aromatic carbocycles. The monoisotopic (exact) mass is 595 g/mol. The van der Waals surface area contributed by atoms with E-state index in [0.717, 1.165) is 6.07 Å². The number of carbonyl (C=O) groups excluding carboxylic acids is 1. The molecule has 0 aromatic heterocycles. The Hall–Kier alpha value is -2.70. The average Bonchev–Trinajstić information content (AvgIpc) is 2.86. The van der Waals surface area contributed by atoms with Crippen LogP contribution in [-0.2, 0) is 10.1 Å². The van der Waals surface area contributed by atoms with Gasteiger partial charge in [0, 0.05) is 10.9 Å². The third-order valence-corrected chi connectivity index (χ3v) is 7.13. The van der Waals surface area contributed by atoms with E-state index in [0.29, 0.717) is 23.1 Å². The molecule has 0 heterocycles. The predicted octanol–water partition coefficient (Wildman–Crippen LogP) is 3.85. The summed E-state index contributed by atoms with van der Waals surface area (Å²) in [6, 6.07) is 15.5. The van der Waals surface area contributed by atoms with Gasteiger partial charge in [0.15, 0.2) is 0 Å². The molecule has 9 nitrogen and oxygen atoms in total. The zero-order valence-electron chi connectivity index (χ0n) is 21.0. The van der Waals surface area contributed by atoms with Crippen LogP contribution in [0.3, 0.4) is 0 Å². The van der Waals surface area contributed by atoms with Gasteiger partial charge < -0.3 is 15.2 Å². The van der Waals surface area contributed by atoms with Crippen molar-refractivity contribution in [2.75, 3.05) is 11.9 Å². The fourth-order valence-electron chi connectivity index (χ4n) is 3.77. The molecule has 2 N–H and O–H groups in total. The molecule has 196 valence electrons. The molecule has 0 fully saturated rings. The molecule has 13 heteroatoms. The first-order valence-electron chi connectivity index (χ1n) is 11.2. The molecule has 0 radical (unpaired) electrons. The second-order valence-electron chi connectivity index (χ2n) is 8.07. The average molecular weight is 596 g/mol. The number of amides is 1. The van der Waals surface area contributed by atoms with Gasteiger partial charge in [-0.2, -0.15) is 13.5 Å². The SMILES string of the molecule is CCOc1cccc(Cl)c1NC(=O)c1cc2ccccc2c(N=Nc2cc(C)c(S(=O)(=O)O)cc2Cl)c1[O-].[Na+]. The van der Waals surface area contributed by atoms with Crippen molar-refractivity contribution >= 4 is 67.1 Å². The summed E-state index contributed by atoms with van der Waals surface area (Å²) in [6.45, 7) is 3.57. The van der Waals surface area contributed by atoms with Crippen molar-refractivity contribution in [1.29, 1.82) is 0 Å². The molecule has 0 aliphatic carbocycles. The summed E-state index contributed by atoms with van der Waals surface area (Å²) in [5.74, 6) is -1.07. The van der Waals surface area contributed by atoms with Crippen LogP contribution in [0.2, 0.25) is 10.0 Å². The minimum absolute atomic E-state index is 0. The molecule has 0 aliphatic heterocycles. The largest absolute Gasteiger partial charge is 1.00 e. The van der Waals surface area contributed by atoms with E-state index in [1.165, 1.54) is 19.1 Å². The van der Waals surface area contributed by atoms with E-state index in [1.54, 1.807) is 49.4 Å². The summed E-state index contributed by atoms with van der Waals surface area (Å²) >= 11 is 12.4. The number of hydrogen-bond acceptors (Lipinski definition) is 7. The number of carbonyl (C=O) groups is 1. The summed E-state index contributed by atoms with van der Waals surface area (Å²) in [5, 5.41) is 25.4. The summed E-state index contributed by atoms with van der Waals surface area (Å²) in [5.41, 5.74) is 0.135. The number of para-hydroxylation sites is 1. The zero-order chi connectivity index (χ0) is 27.6. The number of azo groups is 1. The number of rotatable bonds is 7. The van der Waals surface area contributed by atoms with Crippen LogP contribution < -0.4 is 44.7 Å². The molecule has 0 bridgehead atoms. The molecule has 0 unspecified atom stereocenters. The number of nitrogens with zero attached hydrogens (tertiary/aromatic N) is 2. The van der Waals surface area contributed by atoms with Crippen LogP contribution in [0, 0.1) is 6.92 Å².